The zero-order valence-corrected chi connectivity index (χ0v) is 15.6. The van der Waals surface area contributed by atoms with Gasteiger partial charge in [-0.3, -0.25) is 0 Å². The third kappa shape index (κ3) is 4.80. The van der Waals surface area contributed by atoms with Gasteiger partial charge in [0.2, 0.25) is 0 Å². The van der Waals surface area contributed by atoms with Crippen LogP contribution in [0.4, 0.5) is 5.69 Å². The minimum atomic E-state index is -0.427. The van der Waals surface area contributed by atoms with Crippen molar-refractivity contribution < 1.29 is 19.0 Å². The van der Waals surface area contributed by atoms with Crippen molar-refractivity contribution in [1.82, 2.24) is 0 Å². The first-order valence-electron chi connectivity index (χ1n) is 8.50. The van der Waals surface area contributed by atoms with E-state index in [9.17, 15) is 4.79 Å². The van der Waals surface area contributed by atoms with E-state index in [1.165, 1.54) is 5.56 Å². The third-order valence-corrected chi connectivity index (χ3v) is 4.21. The topological polar surface area (TPSA) is 60.1 Å². The molecule has 0 radical (unpaired) electrons. The molecule has 5 nitrogen and oxygen atoms in total. The fourth-order valence-electron chi connectivity index (χ4n) is 2.36. The summed E-state index contributed by atoms with van der Waals surface area (Å²) in [5.74, 6) is 0.0508. The average Bonchev–Trinajstić information content (AvgIpc) is 3.45. The zero-order valence-electron chi connectivity index (χ0n) is 14.8. The normalized spacial score (nSPS) is 15.2. The summed E-state index contributed by atoms with van der Waals surface area (Å²) in [6, 6.07) is 13.2. The van der Waals surface area contributed by atoms with Crippen molar-refractivity contribution >= 4 is 28.9 Å². The Hall–Kier alpha value is -2.44. The molecule has 1 N–H and O–H groups in total. The largest absolute Gasteiger partial charge is 0.490 e. The van der Waals surface area contributed by atoms with Gasteiger partial charge in [-0.05, 0) is 32.0 Å². The quantitative estimate of drug-likeness (QED) is 0.455. The van der Waals surface area contributed by atoms with Crippen LogP contribution in [0.2, 0.25) is 0 Å². The summed E-state index contributed by atoms with van der Waals surface area (Å²) in [7, 11) is 0. The standard InChI is InChI=1S/C20H21NO4S/c1-3-23-20(22)17-10-15(8-9-18(17)25-12-16-11-24-16)21-19(26)14-6-4-13(2)5-7-14/h4-10,16H,3,11-12H2,1-2H3,(H,21,26). The highest BCUT2D eigenvalue weighted by Crippen LogP contribution is 2.26. The lowest BCUT2D eigenvalue weighted by Gasteiger charge is -2.14. The Labute approximate surface area is 158 Å². The summed E-state index contributed by atoms with van der Waals surface area (Å²) in [6.45, 7) is 5.20. The lowest BCUT2D eigenvalue weighted by molar-refractivity contribution is 0.0521. The van der Waals surface area contributed by atoms with Gasteiger partial charge < -0.3 is 19.5 Å². The second kappa shape index (κ2) is 8.29. The molecule has 0 spiro atoms. The predicted octanol–water partition coefficient (Wildman–Crippen LogP) is 3.74. The Kier molecular flexibility index (Phi) is 5.85. The Morgan fingerprint density at radius 3 is 2.65 bits per heavy atom. The summed E-state index contributed by atoms with van der Waals surface area (Å²) < 4.78 is 16.0. The molecule has 1 atom stereocenters. The van der Waals surface area contributed by atoms with Crippen LogP contribution in [-0.4, -0.2) is 36.9 Å². The highest BCUT2D eigenvalue weighted by Gasteiger charge is 2.24. The summed E-state index contributed by atoms with van der Waals surface area (Å²) in [5.41, 5.74) is 3.15. The van der Waals surface area contributed by atoms with Crippen LogP contribution in [0, 0.1) is 6.92 Å². The van der Waals surface area contributed by atoms with E-state index in [0.717, 1.165) is 5.56 Å². The molecule has 0 amide bonds. The molecule has 2 aromatic carbocycles. The number of aryl methyl sites for hydroxylation is 1. The molecule has 1 aliphatic rings. The summed E-state index contributed by atoms with van der Waals surface area (Å²) in [4.78, 5) is 12.9. The van der Waals surface area contributed by atoms with Gasteiger partial charge in [0.25, 0.3) is 0 Å². The Balaban J connectivity index is 1.77. The first kappa shape index (κ1) is 18.4. The van der Waals surface area contributed by atoms with E-state index in [-0.39, 0.29) is 6.10 Å². The first-order chi connectivity index (χ1) is 12.6. The molecule has 6 heteroatoms. The van der Waals surface area contributed by atoms with Gasteiger partial charge in [-0.2, -0.15) is 0 Å². The highest BCUT2D eigenvalue weighted by atomic mass is 32.1. The minimum Gasteiger partial charge on any atom is -0.490 e. The summed E-state index contributed by atoms with van der Waals surface area (Å²) >= 11 is 5.46. The number of thiocarbonyl (C=S) groups is 1. The fourth-order valence-corrected chi connectivity index (χ4v) is 2.61. The number of nitrogens with one attached hydrogen (secondary N) is 1. The van der Waals surface area contributed by atoms with Crippen molar-refractivity contribution in [2.75, 3.05) is 25.1 Å². The molecular weight excluding hydrogens is 350 g/mol. The van der Waals surface area contributed by atoms with Crippen molar-refractivity contribution in [3.05, 3.63) is 59.2 Å². The molecule has 0 aromatic heterocycles. The molecule has 0 bridgehead atoms. The van der Waals surface area contributed by atoms with Gasteiger partial charge in [-0.15, -0.1) is 0 Å². The number of benzene rings is 2. The van der Waals surface area contributed by atoms with E-state index >= 15 is 0 Å². The second-order valence-electron chi connectivity index (χ2n) is 6.02. The van der Waals surface area contributed by atoms with Gasteiger partial charge in [-0.25, -0.2) is 4.79 Å². The Morgan fingerprint density at radius 1 is 1.27 bits per heavy atom. The Morgan fingerprint density at radius 2 is 2.00 bits per heavy atom. The van der Waals surface area contributed by atoms with Crippen molar-refractivity contribution in [3.63, 3.8) is 0 Å². The molecule has 0 aliphatic carbocycles. The van der Waals surface area contributed by atoms with Crippen LogP contribution in [0.3, 0.4) is 0 Å². The van der Waals surface area contributed by atoms with Gasteiger partial charge in [0.1, 0.15) is 29.0 Å². The molecule has 2 aromatic rings. The van der Waals surface area contributed by atoms with E-state index in [1.54, 1.807) is 19.1 Å². The molecular formula is C20H21NO4S. The van der Waals surface area contributed by atoms with E-state index in [0.29, 0.717) is 41.8 Å². The van der Waals surface area contributed by atoms with Crippen LogP contribution in [0.1, 0.15) is 28.4 Å². The number of rotatable bonds is 7. The van der Waals surface area contributed by atoms with Crippen molar-refractivity contribution in [2.24, 2.45) is 0 Å². The number of hydrogen-bond donors (Lipinski definition) is 1. The van der Waals surface area contributed by atoms with Gasteiger partial charge in [-0.1, -0.05) is 42.0 Å². The van der Waals surface area contributed by atoms with E-state index in [4.69, 9.17) is 26.4 Å². The number of ether oxygens (including phenoxy) is 3. The molecule has 1 saturated heterocycles. The number of esters is 1. The molecule has 26 heavy (non-hydrogen) atoms. The zero-order chi connectivity index (χ0) is 18.5. The lowest BCUT2D eigenvalue weighted by atomic mass is 10.1. The lowest BCUT2D eigenvalue weighted by Crippen LogP contribution is -2.14. The SMILES string of the molecule is CCOC(=O)c1cc(NC(=S)c2ccc(C)cc2)ccc1OCC1CO1. The molecule has 1 unspecified atom stereocenters. The van der Waals surface area contributed by atoms with Crippen LogP contribution in [0.5, 0.6) is 5.75 Å². The number of epoxide rings is 1. The van der Waals surface area contributed by atoms with Crippen LogP contribution in [0.15, 0.2) is 42.5 Å². The van der Waals surface area contributed by atoms with Crippen molar-refractivity contribution in [3.8, 4) is 5.75 Å². The number of carbonyl (C=O) groups excluding carboxylic acids is 1. The number of hydrogen-bond acceptors (Lipinski definition) is 5. The van der Waals surface area contributed by atoms with Gasteiger partial charge >= 0.3 is 5.97 Å². The maximum Gasteiger partial charge on any atom is 0.341 e. The number of carbonyl (C=O) groups is 1. The summed E-state index contributed by atoms with van der Waals surface area (Å²) in [6.07, 6.45) is 0.108. The third-order valence-electron chi connectivity index (χ3n) is 3.87. The van der Waals surface area contributed by atoms with Gasteiger partial charge in [0.15, 0.2) is 0 Å². The predicted molar refractivity (Wildman–Crippen MR) is 104 cm³/mol. The molecule has 3 rings (SSSR count). The van der Waals surface area contributed by atoms with Crippen LogP contribution in [-0.2, 0) is 9.47 Å². The van der Waals surface area contributed by atoms with Crippen molar-refractivity contribution in [2.45, 2.75) is 20.0 Å². The smallest absolute Gasteiger partial charge is 0.341 e. The summed E-state index contributed by atoms with van der Waals surface area (Å²) in [5, 5.41) is 3.16. The maximum absolute atomic E-state index is 12.3. The number of anilines is 1. The molecule has 1 aliphatic heterocycles. The fraction of sp³-hybridized carbons (Fsp3) is 0.300. The molecule has 1 heterocycles. The van der Waals surface area contributed by atoms with E-state index in [1.807, 2.05) is 37.3 Å². The maximum atomic E-state index is 12.3. The van der Waals surface area contributed by atoms with Gasteiger partial charge in [0.05, 0.1) is 13.2 Å². The minimum absolute atomic E-state index is 0.108. The second-order valence-corrected chi connectivity index (χ2v) is 6.43. The average molecular weight is 371 g/mol. The van der Waals surface area contributed by atoms with E-state index in [2.05, 4.69) is 5.32 Å². The van der Waals surface area contributed by atoms with Gasteiger partial charge in [0, 0.05) is 11.3 Å². The molecule has 136 valence electrons. The van der Waals surface area contributed by atoms with Crippen LogP contribution in [0.25, 0.3) is 0 Å². The highest BCUT2D eigenvalue weighted by molar-refractivity contribution is 7.81. The van der Waals surface area contributed by atoms with Crippen molar-refractivity contribution in [1.29, 1.82) is 0 Å². The monoisotopic (exact) mass is 371 g/mol. The van der Waals surface area contributed by atoms with Crippen LogP contribution < -0.4 is 10.1 Å². The first-order valence-corrected chi connectivity index (χ1v) is 8.91. The van der Waals surface area contributed by atoms with E-state index < -0.39 is 5.97 Å². The van der Waals surface area contributed by atoms with Crippen LogP contribution >= 0.6 is 12.2 Å². The molecule has 0 saturated carbocycles. The molecule has 1 fully saturated rings. The Bertz CT molecular complexity index is 800.